The molecule has 1 heterocycles. The van der Waals surface area contributed by atoms with Crippen molar-refractivity contribution in [2.45, 2.75) is 27.3 Å². The molecule has 1 saturated heterocycles. The first-order chi connectivity index (χ1) is 9.40. The maximum Gasteiger partial charge on any atom is 0.334 e. The van der Waals surface area contributed by atoms with E-state index >= 15 is 0 Å². The van der Waals surface area contributed by atoms with Crippen molar-refractivity contribution in [1.29, 1.82) is 0 Å². The molecule has 1 aromatic rings. The normalized spacial score (nSPS) is 15.7. The average Bonchev–Trinajstić information content (AvgIpc) is 2.56. The van der Waals surface area contributed by atoms with E-state index in [1.807, 2.05) is 45.0 Å². The number of nitrogens with zero attached hydrogens (tertiary/aromatic N) is 2. The van der Waals surface area contributed by atoms with Gasteiger partial charge in [-0.2, -0.15) is 0 Å². The molecule has 5 nitrogen and oxygen atoms in total. The molecule has 20 heavy (non-hydrogen) atoms. The van der Waals surface area contributed by atoms with Gasteiger partial charge in [-0.15, -0.1) is 0 Å². The summed E-state index contributed by atoms with van der Waals surface area (Å²) < 4.78 is 0. The van der Waals surface area contributed by atoms with Crippen LogP contribution in [-0.2, 0) is 16.1 Å². The molecule has 0 radical (unpaired) electrons. The van der Waals surface area contributed by atoms with Gasteiger partial charge in [0.05, 0.1) is 6.54 Å². The van der Waals surface area contributed by atoms with Crippen molar-refractivity contribution < 1.29 is 14.4 Å². The molecule has 1 aliphatic rings. The Balaban J connectivity index is 2.18. The molecule has 0 N–H and O–H groups in total. The van der Waals surface area contributed by atoms with Crippen LogP contribution >= 0.6 is 0 Å². The van der Waals surface area contributed by atoms with Crippen molar-refractivity contribution in [2.75, 3.05) is 6.54 Å². The first-order valence-corrected chi connectivity index (χ1v) is 6.63. The number of imide groups is 2. The van der Waals surface area contributed by atoms with Crippen LogP contribution < -0.4 is 0 Å². The Morgan fingerprint density at radius 2 is 1.70 bits per heavy atom. The zero-order valence-electron chi connectivity index (χ0n) is 11.9. The van der Waals surface area contributed by atoms with Gasteiger partial charge < -0.3 is 0 Å². The maximum absolute atomic E-state index is 12.2. The number of carbonyl (C=O) groups is 3. The SMILES string of the molecule is Cc1cccc(CN2C(=O)C(=O)N(CC(C)C)C2=O)c1. The molecule has 1 fully saturated rings. The quantitative estimate of drug-likeness (QED) is 0.623. The minimum atomic E-state index is -0.739. The topological polar surface area (TPSA) is 57.7 Å². The molecular formula is C15H18N2O3. The standard InChI is InChI=1S/C15H18N2O3/c1-10(2)8-16-13(18)14(19)17(15(16)20)9-12-6-4-5-11(3)7-12/h4-7,10H,8-9H2,1-3H3. The lowest BCUT2D eigenvalue weighted by Crippen LogP contribution is -2.35. The van der Waals surface area contributed by atoms with Crippen LogP contribution in [0, 0.1) is 12.8 Å². The summed E-state index contributed by atoms with van der Waals surface area (Å²) in [5.74, 6) is -1.33. The second kappa shape index (κ2) is 5.45. The second-order valence-corrected chi connectivity index (χ2v) is 5.47. The average molecular weight is 274 g/mol. The van der Waals surface area contributed by atoms with E-state index in [1.165, 1.54) is 0 Å². The van der Waals surface area contributed by atoms with E-state index in [0.717, 1.165) is 20.9 Å². The molecule has 4 amide bonds. The highest BCUT2D eigenvalue weighted by Gasteiger charge is 2.44. The van der Waals surface area contributed by atoms with Crippen LogP contribution in [0.15, 0.2) is 24.3 Å². The first-order valence-electron chi connectivity index (χ1n) is 6.63. The Bertz CT molecular complexity index is 566. The minimum Gasteiger partial charge on any atom is -0.263 e. The molecule has 0 unspecified atom stereocenters. The monoisotopic (exact) mass is 274 g/mol. The van der Waals surface area contributed by atoms with Gasteiger partial charge in [0.1, 0.15) is 0 Å². The van der Waals surface area contributed by atoms with Crippen LogP contribution in [0.5, 0.6) is 0 Å². The highest BCUT2D eigenvalue weighted by molar-refractivity contribution is 6.44. The van der Waals surface area contributed by atoms with Crippen molar-refractivity contribution in [2.24, 2.45) is 5.92 Å². The lowest BCUT2D eigenvalue weighted by Gasteiger charge is -2.17. The van der Waals surface area contributed by atoms with Gasteiger partial charge in [0.15, 0.2) is 0 Å². The molecule has 2 rings (SSSR count). The summed E-state index contributed by atoms with van der Waals surface area (Å²) in [7, 11) is 0. The lowest BCUT2D eigenvalue weighted by molar-refractivity contribution is -0.143. The molecule has 5 heteroatoms. The summed E-state index contributed by atoms with van der Waals surface area (Å²) in [5, 5.41) is 0. The van der Waals surface area contributed by atoms with E-state index in [1.54, 1.807) is 0 Å². The first kappa shape index (κ1) is 14.2. The molecule has 0 aliphatic carbocycles. The smallest absolute Gasteiger partial charge is 0.263 e. The summed E-state index contributed by atoms with van der Waals surface area (Å²) in [4.78, 5) is 37.9. The number of hydrogen-bond acceptors (Lipinski definition) is 3. The molecule has 0 aromatic heterocycles. The van der Waals surface area contributed by atoms with Crippen LogP contribution in [0.1, 0.15) is 25.0 Å². The fraction of sp³-hybridized carbons (Fsp3) is 0.400. The zero-order chi connectivity index (χ0) is 14.9. The number of urea groups is 1. The van der Waals surface area contributed by atoms with Gasteiger partial charge in [0.2, 0.25) is 0 Å². The van der Waals surface area contributed by atoms with E-state index in [4.69, 9.17) is 0 Å². The van der Waals surface area contributed by atoms with Gasteiger partial charge in [-0.3, -0.25) is 19.4 Å². The fourth-order valence-corrected chi connectivity index (χ4v) is 2.21. The van der Waals surface area contributed by atoms with E-state index in [9.17, 15) is 14.4 Å². The van der Waals surface area contributed by atoms with Gasteiger partial charge in [-0.1, -0.05) is 43.7 Å². The van der Waals surface area contributed by atoms with Gasteiger partial charge in [0, 0.05) is 6.54 Å². The number of aryl methyl sites for hydroxylation is 1. The van der Waals surface area contributed by atoms with Crippen molar-refractivity contribution in [3.05, 3.63) is 35.4 Å². The van der Waals surface area contributed by atoms with Crippen LogP contribution in [0.3, 0.4) is 0 Å². The molecule has 0 atom stereocenters. The number of rotatable bonds is 4. The third-order valence-corrected chi connectivity index (χ3v) is 3.11. The Morgan fingerprint density at radius 1 is 1.05 bits per heavy atom. The third-order valence-electron chi connectivity index (χ3n) is 3.11. The van der Waals surface area contributed by atoms with Gasteiger partial charge in [-0.25, -0.2) is 4.79 Å². The number of carbonyl (C=O) groups excluding carboxylic acids is 3. The van der Waals surface area contributed by atoms with Crippen molar-refractivity contribution in [3.8, 4) is 0 Å². The predicted molar refractivity (Wildman–Crippen MR) is 73.7 cm³/mol. The number of benzene rings is 1. The Hall–Kier alpha value is -2.17. The molecule has 106 valence electrons. The summed E-state index contributed by atoms with van der Waals surface area (Å²) in [6.45, 7) is 6.14. The molecule has 0 saturated carbocycles. The van der Waals surface area contributed by atoms with Gasteiger partial charge >= 0.3 is 17.8 Å². The summed E-state index contributed by atoms with van der Waals surface area (Å²) >= 11 is 0. The molecule has 0 bridgehead atoms. The fourth-order valence-electron chi connectivity index (χ4n) is 2.21. The molecular weight excluding hydrogens is 256 g/mol. The van der Waals surface area contributed by atoms with E-state index in [-0.39, 0.29) is 19.0 Å². The van der Waals surface area contributed by atoms with Crippen LogP contribution in [-0.4, -0.2) is 34.2 Å². The van der Waals surface area contributed by atoms with Crippen LogP contribution in [0.4, 0.5) is 4.79 Å². The Kier molecular flexibility index (Phi) is 3.88. The molecule has 1 aliphatic heterocycles. The highest BCUT2D eigenvalue weighted by atomic mass is 16.2. The highest BCUT2D eigenvalue weighted by Crippen LogP contribution is 2.17. The predicted octanol–water partition coefficient (Wildman–Crippen LogP) is 1.94. The summed E-state index contributed by atoms with van der Waals surface area (Å²) in [6.07, 6.45) is 0. The van der Waals surface area contributed by atoms with Crippen molar-refractivity contribution in [3.63, 3.8) is 0 Å². The molecule has 0 spiro atoms. The summed E-state index contributed by atoms with van der Waals surface area (Å²) in [5.41, 5.74) is 1.89. The van der Waals surface area contributed by atoms with Crippen LogP contribution in [0.25, 0.3) is 0 Å². The van der Waals surface area contributed by atoms with Crippen LogP contribution in [0.2, 0.25) is 0 Å². The Labute approximate surface area is 118 Å². The number of hydrogen-bond donors (Lipinski definition) is 0. The largest absolute Gasteiger partial charge is 0.334 e. The lowest BCUT2D eigenvalue weighted by atomic mass is 10.1. The van der Waals surface area contributed by atoms with Gasteiger partial charge in [-0.05, 0) is 18.4 Å². The summed E-state index contributed by atoms with van der Waals surface area (Å²) in [6, 6.07) is 7.02. The third kappa shape index (κ3) is 2.71. The van der Waals surface area contributed by atoms with Crippen molar-refractivity contribution >= 4 is 17.8 Å². The minimum absolute atomic E-state index is 0.134. The van der Waals surface area contributed by atoms with Gasteiger partial charge in [0.25, 0.3) is 0 Å². The Morgan fingerprint density at radius 3 is 2.30 bits per heavy atom. The van der Waals surface area contributed by atoms with E-state index < -0.39 is 17.8 Å². The zero-order valence-corrected chi connectivity index (χ0v) is 11.9. The number of amides is 4. The second-order valence-electron chi connectivity index (χ2n) is 5.47. The van der Waals surface area contributed by atoms with E-state index in [2.05, 4.69) is 0 Å². The molecule has 1 aromatic carbocycles. The maximum atomic E-state index is 12.2. The van der Waals surface area contributed by atoms with E-state index in [0.29, 0.717) is 0 Å². The van der Waals surface area contributed by atoms with Crippen molar-refractivity contribution in [1.82, 2.24) is 9.80 Å².